The van der Waals surface area contributed by atoms with E-state index in [1.54, 1.807) is 0 Å². The monoisotopic (exact) mass is 209 g/mol. The third kappa shape index (κ3) is 1.82. The van der Waals surface area contributed by atoms with Gasteiger partial charge in [-0.25, -0.2) is 4.98 Å². The number of nitrogen functional groups attached to an aromatic ring is 1. The lowest BCUT2D eigenvalue weighted by Crippen LogP contribution is -2.16. The summed E-state index contributed by atoms with van der Waals surface area (Å²) in [7, 11) is 0. The highest BCUT2D eigenvalue weighted by molar-refractivity contribution is 5.33. The SMILES string of the molecule is CCOCc1cc(=O)n2[nH]c(N)nc2n1. The molecule has 0 saturated heterocycles. The summed E-state index contributed by atoms with van der Waals surface area (Å²) in [6.07, 6.45) is 0. The fraction of sp³-hybridized carbons (Fsp3) is 0.375. The number of rotatable bonds is 3. The molecule has 0 aliphatic carbocycles. The molecule has 2 heterocycles. The Kier molecular flexibility index (Phi) is 2.38. The first-order valence-corrected chi connectivity index (χ1v) is 4.52. The van der Waals surface area contributed by atoms with Gasteiger partial charge in [-0.3, -0.25) is 9.89 Å². The molecule has 0 radical (unpaired) electrons. The fourth-order valence-electron chi connectivity index (χ4n) is 1.22. The van der Waals surface area contributed by atoms with E-state index < -0.39 is 0 Å². The summed E-state index contributed by atoms with van der Waals surface area (Å²) in [6.45, 7) is 2.75. The smallest absolute Gasteiger partial charge is 0.274 e. The predicted octanol–water partition coefficient (Wildman–Crippen LogP) is -0.464. The number of anilines is 1. The average Bonchev–Trinajstić information content (AvgIpc) is 2.56. The highest BCUT2D eigenvalue weighted by atomic mass is 16.5. The molecular formula is C8H11N5O2. The Labute approximate surface area is 84.9 Å². The molecule has 7 heteroatoms. The maximum atomic E-state index is 11.5. The lowest BCUT2D eigenvalue weighted by molar-refractivity contribution is 0.131. The van der Waals surface area contributed by atoms with Gasteiger partial charge in [-0.15, -0.1) is 0 Å². The highest BCUT2D eigenvalue weighted by Gasteiger charge is 2.05. The Balaban J connectivity index is 2.47. The molecule has 0 atom stereocenters. The van der Waals surface area contributed by atoms with Crippen LogP contribution in [0, 0.1) is 0 Å². The molecule has 0 aliphatic rings. The molecule has 7 nitrogen and oxygen atoms in total. The van der Waals surface area contributed by atoms with Crippen molar-refractivity contribution in [3.63, 3.8) is 0 Å². The summed E-state index contributed by atoms with van der Waals surface area (Å²) in [4.78, 5) is 19.5. The molecule has 80 valence electrons. The molecule has 0 fully saturated rings. The summed E-state index contributed by atoms with van der Waals surface area (Å²) in [5.74, 6) is 0.419. The van der Waals surface area contributed by atoms with Crippen LogP contribution in [0.1, 0.15) is 12.6 Å². The summed E-state index contributed by atoms with van der Waals surface area (Å²) < 4.78 is 6.34. The Morgan fingerprint density at radius 2 is 2.40 bits per heavy atom. The quantitative estimate of drug-likeness (QED) is 0.712. The van der Waals surface area contributed by atoms with Crippen molar-refractivity contribution in [3.05, 3.63) is 22.1 Å². The maximum Gasteiger partial charge on any atom is 0.274 e. The van der Waals surface area contributed by atoms with Gasteiger partial charge >= 0.3 is 0 Å². The number of nitrogens with one attached hydrogen (secondary N) is 1. The molecule has 0 aromatic carbocycles. The van der Waals surface area contributed by atoms with Crippen LogP contribution in [0.5, 0.6) is 0 Å². The molecular weight excluding hydrogens is 198 g/mol. The fourth-order valence-corrected chi connectivity index (χ4v) is 1.22. The largest absolute Gasteiger partial charge is 0.375 e. The highest BCUT2D eigenvalue weighted by Crippen LogP contribution is 1.99. The molecule has 2 rings (SSSR count). The number of aromatic amines is 1. The van der Waals surface area contributed by atoms with E-state index in [2.05, 4.69) is 15.1 Å². The van der Waals surface area contributed by atoms with Gasteiger partial charge < -0.3 is 10.5 Å². The first-order chi connectivity index (χ1) is 7.20. The molecule has 0 amide bonds. The Morgan fingerprint density at radius 3 is 3.13 bits per heavy atom. The normalized spacial score (nSPS) is 11.0. The zero-order valence-electron chi connectivity index (χ0n) is 8.23. The van der Waals surface area contributed by atoms with Crippen molar-refractivity contribution in [1.82, 2.24) is 19.6 Å². The van der Waals surface area contributed by atoms with Crippen molar-refractivity contribution in [2.45, 2.75) is 13.5 Å². The number of fused-ring (bicyclic) bond motifs is 1. The van der Waals surface area contributed by atoms with E-state index >= 15 is 0 Å². The second-order valence-corrected chi connectivity index (χ2v) is 2.97. The summed E-state index contributed by atoms with van der Waals surface area (Å²) in [5.41, 5.74) is 5.71. The molecule has 0 spiro atoms. The van der Waals surface area contributed by atoms with Gasteiger partial charge in [-0.2, -0.15) is 9.50 Å². The van der Waals surface area contributed by atoms with E-state index in [1.807, 2.05) is 6.92 Å². The van der Waals surface area contributed by atoms with Gasteiger partial charge in [0.15, 0.2) is 0 Å². The zero-order chi connectivity index (χ0) is 10.8. The number of H-pyrrole nitrogens is 1. The van der Waals surface area contributed by atoms with E-state index in [0.717, 1.165) is 0 Å². The minimum Gasteiger partial charge on any atom is -0.375 e. The Bertz CT molecular complexity index is 529. The third-order valence-electron chi connectivity index (χ3n) is 1.85. The zero-order valence-corrected chi connectivity index (χ0v) is 8.23. The molecule has 3 N–H and O–H groups in total. The third-order valence-corrected chi connectivity index (χ3v) is 1.85. The lowest BCUT2D eigenvalue weighted by atomic mass is 10.4. The van der Waals surface area contributed by atoms with Crippen molar-refractivity contribution >= 4 is 11.7 Å². The molecule has 2 aromatic heterocycles. The summed E-state index contributed by atoms with van der Waals surface area (Å²) in [5, 5.41) is 2.58. The van der Waals surface area contributed by atoms with Gasteiger partial charge in [0.25, 0.3) is 11.3 Å². The Morgan fingerprint density at radius 1 is 1.60 bits per heavy atom. The van der Waals surface area contributed by atoms with Crippen LogP contribution in [0.15, 0.2) is 10.9 Å². The number of hydrogen-bond donors (Lipinski definition) is 2. The average molecular weight is 209 g/mol. The molecule has 2 aromatic rings. The number of aromatic nitrogens is 4. The van der Waals surface area contributed by atoms with Crippen LogP contribution in [0.2, 0.25) is 0 Å². The summed E-state index contributed by atoms with van der Waals surface area (Å²) in [6, 6.07) is 1.39. The minimum atomic E-state index is -0.251. The maximum absolute atomic E-state index is 11.5. The first-order valence-electron chi connectivity index (χ1n) is 4.52. The van der Waals surface area contributed by atoms with Crippen molar-refractivity contribution in [3.8, 4) is 0 Å². The molecule has 0 unspecified atom stereocenters. The minimum absolute atomic E-state index is 0.160. The van der Waals surface area contributed by atoms with Gasteiger partial charge in [0.2, 0.25) is 5.95 Å². The Hall–Kier alpha value is -1.89. The number of ether oxygens (including phenoxy) is 1. The van der Waals surface area contributed by atoms with Crippen LogP contribution >= 0.6 is 0 Å². The second-order valence-electron chi connectivity index (χ2n) is 2.97. The van der Waals surface area contributed by atoms with E-state index in [4.69, 9.17) is 10.5 Å². The molecule has 0 aliphatic heterocycles. The number of nitrogens with two attached hydrogens (primary N) is 1. The van der Waals surface area contributed by atoms with E-state index in [9.17, 15) is 4.79 Å². The van der Waals surface area contributed by atoms with Crippen LogP contribution < -0.4 is 11.3 Å². The van der Waals surface area contributed by atoms with E-state index in [0.29, 0.717) is 18.9 Å². The van der Waals surface area contributed by atoms with Gasteiger partial charge in [0.05, 0.1) is 12.3 Å². The van der Waals surface area contributed by atoms with Gasteiger partial charge in [0.1, 0.15) is 0 Å². The molecule has 0 bridgehead atoms. The van der Waals surface area contributed by atoms with Crippen LogP contribution in [0.25, 0.3) is 5.78 Å². The van der Waals surface area contributed by atoms with Crippen molar-refractivity contribution in [2.24, 2.45) is 0 Å². The van der Waals surface area contributed by atoms with Gasteiger partial charge in [0, 0.05) is 12.7 Å². The van der Waals surface area contributed by atoms with Gasteiger partial charge in [-0.05, 0) is 6.92 Å². The van der Waals surface area contributed by atoms with Gasteiger partial charge in [-0.1, -0.05) is 0 Å². The summed E-state index contributed by atoms with van der Waals surface area (Å²) >= 11 is 0. The van der Waals surface area contributed by atoms with Crippen LogP contribution in [0.4, 0.5) is 5.95 Å². The predicted molar refractivity (Wildman–Crippen MR) is 53.4 cm³/mol. The first kappa shape index (κ1) is 9.66. The van der Waals surface area contributed by atoms with Crippen LogP contribution in [0.3, 0.4) is 0 Å². The van der Waals surface area contributed by atoms with Crippen molar-refractivity contribution in [1.29, 1.82) is 0 Å². The van der Waals surface area contributed by atoms with Crippen molar-refractivity contribution in [2.75, 3.05) is 12.3 Å². The van der Waals surface area contributed by atoms with E-state index in [-0.39, 0.29) is 17.3 Å². The number of hydrogen-bond acceptors (Lipinski definition) is 5. The van der Waals surface area contributed by atoms with Crippen molar-refractivity contribution < 1.29 is 4.74 Å². The number of nitrogens with zero attached hydrogens (tertiary/aromatic N) is 3. The standard InChI is InChI=1S/C8H11N5O2/c1-2-15-4-5-3-6(14)13-8(10-5)11-7(9)12-13/h3H,2,4H2,1H3,(H3,9,10,11,12). The lowest BCUT2D eigenvalue weighted by Gasteiger charge is -1.99. The second kappa shape index (κ2) is 3.70. The van der Waals surface area contributed by atoms with E-state index in [1.165, 1.54) is 10.6 Å². The van der Waals surface area contributed by atoms with Crippen LogP contribution in [-0.2, 0) is 11.3 Å². The van der Waals surface area contributed by atoms with Crippen LogP contribution in [-0.4, -0.2) is 26.2 Å². The molecule has 15 heavy (non-hydrogen) atoms. The molecule has 0 saturated carbocycles. The topological polar surface area (TPSA) is 98.3 Å².